The minimum Gasteiger partial charge on any atom is -1.00 e. The molecule has 2 unspecified atom stereocenters. The molecule has 20 heavy (non-hydrogen) atoms. The number of rotatable bonds is 1. The molecule has 0 nitrogen and oxygen atoms in total. The summed E-state index contributed by atoms with van der Waals surface area (Å²) in [5.41, 5.74) is 4.76. The van der Waals surface area contributed by atoms with Crippen LogP contribution in [0.4, 0.5) is 0 Å². The Labute approximate surface area is 157 Å². The second-order valence-corrected chi connectivity index (χ2v) is 12.3. The third-order valence-corrected chi connectivity index (χ3v) is 10.6. The Hall–Kier alpha value is 0.730. The van der Waals surface area contributed by atoms with Crippen molar-refractivity contribution in [3.05, 3.63) is 58.1 Å². The summed E-state index contributed by atoms with van der Waals surface area (Å²) < 4.78 is 0. The van der Waals surface area contributed by atoms with Gasteiger partial charge in [-0.3, -0.25) is 0 Å². The minimum atomic E-state index is -0.245. The third kappa shape index (κ3) is 3.38. The third-order valence-electron chi connectivity index (χ3n) is 3.62. The normalized spacial score (nSPS) is 25.4. The molecule has 1 heterocycles. The van der Waals surface area contributed by atoms with Gasteiger partial charge >= 0.3 is 26.2 Å². The van der Waals surface area contributed by atoms with E-state index in [4.69, 9.17) is 0 Å². The Balaban J connectivity index is 0.00000120. The molecule has 2 aliphatic carbocycles. The molecule has 0 aromatic rings. The average Bonchev–Trinajstić information content (AvgIpc) is 2.91. The van der Waals surface area contributed by atoms with Gasteiger partial charge < -0.3 is 24.8 Å². The van der Waals surface area contributed by atoms with E-state index in [1.165, 1.54) is 0 Å². The van der Waals surface area contributed by atoms with Gasteiger partial charge in [-0.05, 0) is 36.1 Å². The van der Waals surface area contributed by atoms with E-state index in [1.54, 1.807) is 21.6 Å². The second-order valence-electron chi connectivity index (χ2n) is 4.93. The topological polar surface area (TPSA) is 0 Å². The van der Waals surface area contributed by atoms with Crippen molar-refractivity contribution in [1.82, 2.24) is 0 Å². The SMILES string of the molecule is CC1C(C2=CC=CC2)=C2C=CC=C2S1=[Si](C)C.[Cl-].[Cl-].[Zr+2]. The van der Waals surface area contributed by atoms with Gasteiger partial charge in [-0.15, -0.1) is 0 Å². The fraction of sp³-hybridized carbons (Fsp3) is 0.333. The first kappa shape index (κ1) is 20.7. The Morgan fingerprint density at radius 2 is 1.85 bits per heavy atom. The van der Waals surface area contributed by atoms with Crippen molar-refractivity contribution >= 4 is 17.4 Å². The molecule has 3 rings (SSSR count). The van der Waals surface area contributed by atoms with E-state index in [1.807, 2.05) is 0 Å². The van der Waals surface area contributed by atoms with Gasteiger partial charge in [0.05, 0.1) is 0 Å². The van der Waals surface area contributed by atoms with Crippen molar-refractivity contribution in [2.75, 3.05) is 0 Å². The van der Waals surface area contributed by atoms with E-state index in [-0.39, 0.29) is 58.5 Å². The van der Waals surface area contributed by atoms with Gasteiger partial charge in [-0.1, -0.05) is 43.5 Å². The maximum atomic E-state index is 2.46. The molecule has 5 heteroatoms. The fourth-order valence-electron chi connectivity index (χ4n) is 3.00. The number of hydrogen-bond donors (Lipinski definition) is 0. The van der Waals surface area contributed by atoms with Gasteiger partial charge in [0.2, 0.25) is 0 Å². The van der Waals surface area contributed by atoms with Crippen LogP contribution in [0.5, 0.6) is 0 Å². The molecule has 0 fully saturated rings. The molecule has 106 valence electrons. The van der Waals surface area contributed by atoms with Crippen molar-refractivity contribution in [2.45, 2.75) is 31.7 Å². The van der Waals surface area contributed by atoms with Crippen molar-refractivity contribution in [1.29, 1.82) is 0 Å². The zero-order chi connectivity index (χ0) is 12.0. The van der Waals surface area contributed by atoms with Crippen LogP contribution in [-0.2, 0) is 26.2 Å². The van der Waals surface area contributed by atoms with E-state index in [9.17, 15) is 0 Å². The molecule has 1 aliphatic heterocycles. The first-order valence-corrected chi connectivity index (χ1v) is 10.7. The van der Waals surface area contributed by atoms with Gasteiger partial charge in [-0.2, -0.15) is 9.89 Å². The van der Waals surface area contributed by atoms with Crippen LogP contribution in [0.3, 0.4) is 0 Å². The van der Waals surface area contributed by atoms with Gasteiger partial charge in [0.25, 0.3) is 0 Å². The van der Waals surface area contributed by atoms with Crippen LogP contribution < -0.4 is 24.8 Å². The van der Waals surface area contributed by atoms with Crippen molar-refractivity contribution < 1.29 is 51.0 Å². The van der Waals surface area contributed by atoms with E-state index in [0.29, 0.717) is 9.89 Å². The zero-order valence-corrected chi connectivity index (χ0v) is 17.7. The molecular formula is C15H18Cl2SSiZr. The van der Waals surface area contributed by atoms with E-state index >= 15 is 0 Å². The molecule has 3 aliphatic rings. The molecule has 0 amide bonds. The minimum absolute atomic E-state index is 0. The van der Waals surface area contributed by atoms with E-state index < -0.39 is 0 Å². The van der Waals surface area contributed by atoms with Crippen LogP contribution in [0.2, 0.25) is 13.1 Å². The molecule has 0 bridgehead atoms. The monoisotopic (exact) mass is 418 g/mol. The van der Waals surface area contributed by atoms with Gasteiger partial charge in [0.1, 0.15) is 0 Å². The molecule has 0 N–H and O–H groups in total. The number of hydrogen-bond acceptors (Lipinski definition) is 0. The summed E-state index contributed by atoms with van der Waals surface area (Å²) in [4.78, 5) is 1.65. The van der Waals surface area contributed by atoms with Crippen LogP contribution in [0.1, 0.15) is 13.3 Å². The Morgan fingerprint density at radius 3 is 2.40 bits per heavy atom. The molecule has 0 spiro atoms. The summed E-state index contributed by atoms with van der Waals surface area (Å²) in [6, 6.07) is 0. The van der Waals surface area contributed by atoms with Gasteiger partial charge in [0, 0.05) is 17.7 Å². The molecule has 0 aromatic carbocycles. The summed E-state index contributed by atoms with van der Waals surface area (Å²) in [7, 11) is 0.258. The summed E-state index contributed by atoms with van der Waals surface area (Å²) in [5, 5.41) is 0.747. The number of fused-ring (bicyclic) bond motifs is 1. The number of allylic oxidation sites excluding steroid dienone is 8. The largest absolute Gasteiger partial charge is 2.00 e. The molecule has 0 radical (unpaired) electrons. The van der Waals surface area contributed by atoms with E-state index in [0.717, 1.165) is 11.7 Å². The maximum Gasteiger partial charge on any atom is 2.00 e. The molecule has 0 saturated carbocycles. The summed E-state index contributed by atoms with van der Waals surface area (Å²) in [5.74, 6) is 0. The average molecular weight is 421 g/mol. The van der Waals surface area contributed by atoms with Gasteiger partial charge in [0.15, 0.2) is 0 Å². The predicted molar refractivity (Wildman–Crippen MR) is 80.6 cm³/mol. The maximum absolute atomic E-state index is 2.46. The Bertz CT molecular complexity index is 579. The van der Waals surface area contributed by atoms with Crippen LogP contribution >= 0.6 is 9.89 Å². The zero-order valence-electron chi connectivity index (χ0n) is 11.9. The molecule has 0 saturated heterocycles. The van der Waals surface area contributed by atoms with Crippen LogP contribution in [-0.4, -0.2) is 12.8 Å². The second kappa shape index (κ2) is 8.39. The van der Waals surface area contributed by atoms with Crippen molar-refractivity contribution in [2.24, 2.45) is 0 Å². The molecule has 0 aromatic heterocycles. The molecule has 2 atom stereocenters. The fourth-order valence-corrected chi connectivity index (χ4v) is 10.0. The summed E-state index contributed by atoms with van der Waals surface area (Å²) in [6.45, 7) is 7.37. The molecular weight excluding hydrogens is 402 g/mol. The summed E-state index contributed by atoms with van der Waals surface area (Å²) in [6.07, 6.45) is 14.9. The van der Waals surface area contributed by atoms with Crippen LogP contribution in [0.25, 0.3) is 0 Å². The Kier molecular flexibility index (Phi) is 8.69. The smallest absolute Gasteiger partial charge is 1.00 e. The van der Waals surface area contributed by atoms with Crippen LogP contribution in [0, 0.1) is 0 Å². The van der Waals surface area contributed by atoms with E-state index in [2.05, 4.69) is 56.5 Å². The predicted octanol–water partition coefficient (Wildman–Crippen LogP) is -1.45. The Morgan fingerprint density at radius 1 is 1.15 bits per heavy atom. The first-order valence-electron chi connectivity index (χ1n) is 6.22. The quantitative estimate of drug-likeness (QED) is 0.456. The summed E-state index contributed by atoms with van der Waals surface area (Å²) >= 11 is 0. The standard InChI is InChI=1S/C15H18SSi.2ClH.Zr/c1-11-15(12-7-4-5-8-12)13-9-6-10-14(13)16(11)17(2)3;;;/h4-7,9-11H,8H2,1-3H3;2*1H;/q;;;+2/p-2. The number of halogens is 2. The van der Waals surface area contributed by atoms with Crippen LogP contribution in [0.15, 0.2) is 58.1 Å². The van der Waals surface area contributed by atoms with Gasteiger partial charge in [-0.25, -0.2) is 0 Å². The first-order chi connectivity index (χ1) is 8.20. The van der Waals surface area contributed by atoms with Crippen molar-refractivity contribution in [3.8, 4) is 0 Å². The van der Waals surface area contributed by atoms with Crippen molar-refractivity contribution in [3.63, 3.8) is 0 Å².